The molecule has 3 unspecified atom stereocenters. The molecule has 5 aliphatic rings. The topological polar surface area (TPSA) is 49.3 Å². The highest BCUT2D eigenvalue weighted by atomic mass is 16.3. The fourth-order valence-electron chi connectivity index (χ4n) is 11.0. The minimum absolute atomic E-state index is 0.0474. The molecule has 1 aliphatic heterocycles. The SMILES string of the molecule is C[C@H](CCC(=O)NCCC[N+]1(C)CC[N+](C)(C)CC1)[C@H]1CCC2C3CC[C@@H]4C[C@H](O)CC[C@]4(C)C3CC[C@@]21C. The first-order valence-electron chi connectivity index (χ1n) is 17.0. The van der Waals surface area contributed by atoms with Gasteiger partial charge in [-0.2, -0.15) is 0 Å². The van der Waals surface area contributed by atoms with Crippen LogP contribution in [0, 0.1) is 46.3 Å². The van der Waals surface area contributed by atoms with Gasteiger partial charge in [-0.25, -0.2) is 0 Å². The lowest BCUT2D eigenvalue weighted by Crippen LogP contribution is -2.62. The van der Waals surface area contributed by atoms with E-state index in [1.165, 1.54) is 82.2 Å². The van der Waals surface area contributed by atoms with Crippen molar-refractivity contribution >= 4 is 5.91 Å². The third-order valence-electron chi connectivity index (χ3n) is 13.9. The second-order valence-electron chi connectivity index (χ2n) is 16.7. The summed E-state index contributed by atoms with van der Waals surface area (Å²) in [7, 11) is 7.09. The monoisotopic (exact) mass is 545 g/mol. The van der Waals surface area contributed by atoms with Crippen LogP contribution in [0.2, 0.25) is 0 Å². The molecule has 1 saturated heterocycles. The van der Waals surface area contributed by atoms with Crippen LogP contribution in [0.15, 0.2) is 0 Å². The van der Waals surface area contributed by atoms with Gasteiger partial charge >= 0.3 is 0 Å². The summed E-state index contributed by atoms with van der Waals surface area (Å²) >= 11 is 0. The molecule has 5 heteroatoms. The van der Waals surface area contributed by atoms with E-state index in [4.69, 9.17) is 0 Å². The molecule has 0 aromatic heterocycles. The van der Waals surface area contributed by atoms with E-state index < -0.39 is 0 Å². The summed E-state index contributed by atoms with van der Waals surface area (Å²) in [5.74, 6) is 5.09. The first-order valence-corrected chi connectivity index (χ1v) is 17.0. The molecule has 0 aromatic carbocycles. The van der Waals surface area contributed by atoms with Gasteiger partial charge in [-0.15, -0.1) is 0 Å². The zero-order valence-corrected chi connectivity index (χ0v) is 26.5. The average Bonchev–Trinajstić information content (AvgIpc) is 3.25. The lowest BCUT2D eigenvalue weighted by molar-refractivity contribution is -1.01. The molecule has 224 valence electrons. The lowest BCUT2D eigenvalue weighted by atomic mass is 9.44. The molecule has 0 radical (unpaired) electrons. The van der Waals surface area contributed by atoms with Crippen molar-refractivity contribution in [3.63, 3.8) is 0 Å². The van der Waals surface area contributed by atoms with Gasteiger partial charge in [-0.1, -0.05) is 20.8 Å². The number of aliphatic hydroxyl groups excluding tert-OH is 1. The van der Waals surface area contributed by atoms with Crippen LogP contribution < -0.4 is 5.32 Å². The Bertz CT molecular complexity index is 865. The first kappa shape index (κ1) is 29.8. The molecule has 1 heterocycles. The number of rotatable bonds is 8. The van der Waals surface area contributed by atoms with Gasteiger partial charge in [0, 0.05) is 19.4 Å². The predicted octanol–water partition coefficient (Wildman–Crippen LogP) is 5.47. The van der Waals surface area contributed by atoms with E-state index in [1.807, 2.05) is 0 Å². The molecular weight excluding hydrogens is 482 g/mol. The quantitative estimate of drug-likeness (QED) is 0.314. The van der Waals surface area contributed by atoms with Crippen molar-refractivity contribution in [2.75, 3.05) is 60.4 Å². The van der Waals surface area contributed by atoms with E-state index in [2.05, 4.69) is 47.2 Å². The Balaban J connectivity index is 1.07. The highest BCUT2D eigenvalue weighted by Gasteiger charge is 2.60. The molecule has 2 N–H and O–H groups in total. The lowest BCUT2D eigenvalue weighted by Gasteiger charge is -2.61. The van der Waals surface area contributed by atoms with Gasteiger partial charge in [-0.3, -0.25) is 4.79 Å². The maximum atomic E-state index is 12.8. The summed E-state index contributed by atoms with van der Waals surface area (Å²) in [6.07, 6.45) is 14.4. The number of nitrogens with zero attached hydrogens (tertiary/aromatic N) is 2. The zero-order chi connectivity index (χ0) is 28.1. The summed E-state index contributed by atoms with van der Waals surface area (Å²) in [5, 5.41) is 13.6. The van der Waals surface area contributed by atoms with E-state index in [1.54, 1.807) is 0 Å². The van der Waals surface area contributed by atoms with Gasteiger partial charge in [0.15, 0.2) is 0 Å². The Hall–Kier alpha value is -0.650. The van der Waals surface area contributed by atoms with Crippen molar-refractivity contribution < 1.29 is 18.9 Å². The average molecular weight is 546 g/mol. The van der Waals surface area contributed by atoms with Crippen LogP contribution in [0.3, 0.4) is 0 Å². The second-order valence-corrected chi connectivity index (χ2v) is 16.7. The van der Waals surface area contributed by atoms with E-state index in [9.17, 15) is 9.90 Å². The Morgan fingerprint density at radius 2 is 1.62 bits per heavy atom. The van der Waals surface area contributed by atoms with Crippen molar-refractivity contribution in [1.82, 2.24) is 5.32 Å². The number of carbonyl (C=O) groups excluding carboxylic acids is 1. The Morgan fingerprint density at radius 1 is 0.923 bits per heavy atom. The molecule has 0 aromatic rings. The largest absolute Gasteiger partial charge is 0.393 e. The molecule has 4 saturated carbocycles. The number of piperazine rings is 1. The maximum Gasteiger partial charge on any atom is 0.220 e. The van der Waals surface area contributed by atoms with Crippen LogP contribution >= 0.6 is 0 Å². The maximum absolute atomic E-state index is 12.8. The molecular formula is C34H63N3O2+2. The highest BCUT2D eigenvalue weighted by molar-refractivity contribution is 5.75. The van der Waals surface area contributed by atoms with E-state index in [0.29, 0.717) is 23.2 Å². The van der Waals surface area contributed by atoms with Crippen molar-refractivity contribution in [3.8, 4) is 0 Å². The van der Waals surface area contributed by atoms with Crippen molar-refractivity contribution in [2.24, 2.45) is 46.3 Å². The third-order valence-corrected chi connectivity index (χ3v) is 13.9. The van der Waals surface area contributed by atoms with Gasteiger partial charge in [0.25, 0.3) is 0 Å². The number of fused-ring (bicyclic) bond motifs is 5. The van der Waals surface area contributed by atoms with Crippen molar-refractivity contribution in [1.29, 1.82) is 0 Å². The van der Waals surface area contributed by atoms with Gasteiger partial charge in [0.1, 0.15) is 26.2 Å². The van der Waals surface area contributed by atoms with E-state index in [-0.39, 0.29) is 12.0 Å². The number of aliphatic hydroxyl groups is 1. The van der Waals surface area contributed by atoms with Gasteiger partial charge in [0.05, 0.1) is 33.8 Å². The summed E-state index contributed by atoms with van der Waals surface area (Å²) in [5.41, 5.74) is 0.934. The van der Waals surface area contributed by atoms with E-state index >= 15 is 0 Å². The molecule has 1 amide bonds. The Kier molecular flexibility index (Phi) is 8.57. The smallest absolute Gasteiger partial charge is 0.220 e. The Morgan fingerprint density at radius 3 is 2.36 bits per heavy atom. The molecule has 0 spiro atoms. The van der Waals surface area contributed by atoms with Crippen LogP contribution in [-0.2, 0) is 4.79 Å². The minimum Gasteiger partial charge on any atom is -0.393 e. The van der Waals surface area contributed by atoms with Crippen molar-refractivity contribution in [2.45, 2.75) is 104 Å². The summed E-state index contributed by atoms with van der Waals surface area (Å²) in [6.45, 7) is 14.7. The van der Waals surface area contributed by atoms with Gasteiger partial charge < -0.3 is 19.4 Å². The van der Waals surface area contributed by atoms with Crippen molar-refractivity contribution in [3.05, 3.63) is 0 Å². The molecule has 4 aliphatic carbocycles. The predicted molar refractivity (Wildman–Crippen MR) is 160 cm³/mol. The molecule has 0 bridgehead atoms. The summed E-state index contributed by atoms with van der Waals surface area (Å²) in [6, 6.07) is 0. The fourth-order valence-corrected chi connectivity index (χ4v) is 11.0. The number of amides is 1. The minimum atomic E-state index is -0.0474. The summed E-state index contributed by atoms with van der Waals surface area (Å²) in [4.78, 5) is 12.8. The standard InChI is InChI=1S/C34H62N3O2/c1-25(8-13-32(39)35-18-7-19-37(6)22-20-36(4,5)21-23-37)29-11-12-30-28-10-9-26-24-27(38)14-16-33(26,2)31(28)15-17-34(29,30)3/h25-31,38H,7-24H2,1-6H3/q+1/p+1/t25-,26-,27-,28?,29-,30?,31?,33+,34-/m1/s1. The number of hydrogen-bond acceptors (Lipinski definition) is 2. The number of hydrogen-bond donors (Lipinski definition) is 2. The number of quaternary nitrogens is 2. The number of carbonyl (C=O) groups is 1. The molecule has 5 rings (SSSR count). The third kappa shape index (κ3) is 5.98. The molecule has 5 nitrogen and oxygen atoms in total. The van der Waals surface area contributed by atoms with Crippen LogP contribution in [0.4, 0.5) is 0 Å². The fraction of sp³-hybridized carbons (Fsp3) is 0.971. The number of likely N-dealkylation sites (N-methyl/N-ethyl adjacent to an activating group) is 2. The van der Waals surface area contributed by atoms with Crippen LogP contribution in [0.1, 0.15) is 97.8 Å². The van der Waals surface area contributed by atoms with Gasteiger partial charge in [-0.05, 0) is 111 Å². The van der Waals surface area contributed by atoms with Crippen LogP contribution in [-0.4, -0.2) is 86.5 Å². The van der Waals surface area contributed by atoms with Gasteiger partial charge in [0.2, 0.25) is 5.91 Å². The highest BCUT2D eigenvalue weighted by Crippen LogP contribution is 2.68. The summed E-state index contributed by atoms with van der Waals surface area (Å²) < 4.78 is 2.31. The van der Waals surface area contributed by atoms with Crippen LogP contribution in [0.5, 0.6) is 0 Å². The number of nitrogens with one attached hydrogen (secondary N) is 1. The molecule has 39 heavy (non-hydrogen) atoms. The first-order chi connectivity index (χ1) is 18.4. The second kappa shape index (κ2) is 11.2. The zero-order valence-electron chi connectivity index (χ0n) is 26.5. The Labute approximate surface area is 240 Å². The molecule has 9 atom stereocenters. The van der Waals surface area contributed by atoms with Crippen LogP contribution in [0.25, 0.3) is 0 Å². The normalized spacial score (nSPS) is 43.6. The molecule has 5 fully saturated rings. The van der Waals surface area contributed by atoms with E-state index in [0.717, 1.165) is 66.3 Å².